The van der Waals surface area contributed by atoms with Crippen molar-refractivity contribution in [2.45, 2.75) is 25.3 Å². The van der Waals surface area contributed by atoms with E-state index in [0.717, 1.165) is 38.9 Å². The zero-order valence-corrected chi connectivity index (χ0v) is 13.0. The number of benzene rings is 1. The van der Waals surface area contributed by atoms with Gasteiger partial charge in [-0.15, -0.1) is 0 Å². The lowest BCUT2D eigenvalue weighted by atomic mass is 10.0. The Morgan fingerprint density at radius 3 is 2.61 bits per heavy atom. The summed E-state index contributed by atoms with van der Waals surface area (Å²) in [5, 5.41) is 2.99. The number of carbonyl (C=O) groups is 1. The molecule has 0 bridgehead atoms. The predicted octanol–water partition coefficient (Wildman–Crippen LogP) is 1.14. The van der Waals surface area contributed by atoms with Gasteiger partial charge in [0.25, 0.3) is 5.91 Å². The lowest BCUT2D eigenvalue weighted by Crippen LogP contribution is -2.45. The van der Waals surface area contributed by atoms with E-state index in [-0.39, 0.29) is 17.6 Å². The maximum Gasteiger partial charge on any atom is 0.323 e. The summed E-state index contributed by atoms with van der Waals surface area (Å²) < 4.78 is 0. The number of piperidine rings is 1. The standard InChI is InChI=1S/C17H22N4O2/c22-16(15-12-18-17(23)20-15)19-14-7-10-21(11-8-14)9-6-13-4-2-1-3-5-13/h1-5,12,14H,6-11H2,(H,19,22)(H2,18,20,23). The van der Waals surface area contributed by atoms with Gasteiger partial charge in [-0.05, 0) is 24.8 Å². The van der Waals surface area contributed by atoms with Gasteiger partial charge in [-0.1, -0.05) is 30.3 Å². The van der Waals surface area contributed by atoms with Crippen molar-refractivity contribution in [1.82, 2.24) is 20.2 Å². The highest BCUT2D eigenvalue weighted by Gasteiger charge is 2.21. The molecule has 3 rings (SSSR count). The van der Waals surface area contributed by atoms with Crippen LogP contribution in [0.15, 0.2) is 41.3 Å². The Kier molecular flexibility index (Phi) is 4.92. The van der Waals surface area contributed by atoms with Gasteiger partial charge in [-0.2, -0.15) is 0 Å². The van der Waals surface area contributed by atoms with E-state index in [2.05, 4.69) is 44.5 Å². The zero-order valence-electron chi connectivity index (χ0n) is 13.0. The van der Waals surface area contributed by atoms with Crippen LogP contribution in [0.1, 0.15) is 28.9 Å². The molecule has 0 atom stereocenters. The van der Waals surface area contributed by atoms with Crippen LogP contribution in [0.2, 0.25) is 0 Å². The van der Waals surface area contributed by atoms with Gasteiger partial charge in [-0.25, -0.2) is 4.79 Å². The molecule has 2 heterocycles. The van der Waals surface area contributed by atoms with Crippen molar-refractivity contribution < 1.29 is 4.79 Å². The minimum Gasteiger partial charge on any atom is -0.348 e. The van der Waals surface area contributed by atoms with Crippen molar-refractivity contribution in [2.24, 2.45) is 0 Å². The first kappa shape index (κ1) is 15.6. The van der Waals surface area contributed by atoms with Gasteiger partial charge in [0.1, 0.15) is 5.69 Å². The average Bonchev–Trinajstić information content (AvgIpc) is 3.02. The molecule has 3 N–H and O–H groups in total. The molecule has 23 heavy (non-hydrogen) atoms. The number of carbonyl (C=O) groups excluding carboxylic acids is 1. The van der Waals surface area contributed by atoms with Gasteiger partial charge < -0.3 is 20.2 Å². The number of aromatic nitrogens is 2. The molecule has 1 aliphatic heterocycles. The molecule has 0 spiro atoms. The largest absolute Gasteiger partial charge is 0.348 e. The molecule has 1 aromatic heterocycles. The summed E-state index contributed by atoms with van der Waals surface area (Å²) in [7, 11) is 0. The Morgan fingerprint density at radius 1 is 1.22 bits per heavy atom. The Bertz CT molecular complexity index is 684. The van der Waals surface area contributed by atoms with E-state index >= 15 is 0 Å². The quantitative estimate of drug-likeness (QED) is 0.774. The highest BCUT2D eigenvalue weighted by Crippen LogP contribution is 2.12. The van der Waals surface area contributed by atoms with Gasteiger partial charge in [0.05, 0.1) is 0 Å². The average molecular weight is 314 g/mol. The third kappa shape index (κ3) is 4.32. The Labute approximate surface area is 134 Å². The summed E-state index contributed by atoms with van der Waals surface area (Å²) in [4.78, 5) is 30.4. The topological polar surface area (TPSA) is 81.0 Å². The van der Waals surface area contributed by atoms with Crippen molar-refractivity contribution in [3.63, 3.8) is 0 Å². The van der Waals surface area contributed by atoms with E-state index in [9.17, 15) is 9.59 Å². The van der Waals surface area contributed by atoms with E-state index in [1.165, 1.54) is 11.8 Å². The maximum atomic E-state index is 12.0. The molecule has 2 aromatic rings. The second-order valence-corrected chi connectivity index (χ2v) is 5.98. The highest BCUT2D eigenvalue weighted by atomic mass is 16.2. The van der Waals surface area contributed by atoms with Crippen molar-refractivity contribution in [2.75, 3.05) is 19.6 Å². The molecule has 122 valence electrons. The first-order chi connectivity index (χ1) is 11.2. The van der Waals surface area contributed by atoms with Crippen LogP contribution in [-0.4, -0.2) is 46.5 Å². The van der Waals surface area contributed by atoms with Gasteiger partial charge in [-0.3, -0.25) is 4.79 Å². The number of rotatable bonds is 5. The molecular formula is C17H22N4O2. The Balaban J connectivity index is 1.41. The van der Waals surface area contributed by atoms with Crippen molar-refractivity contribution in [3.8, 4) is 0 Å². The number of aromatic amines is 2. The molecule has 0 radical (unpaired) electrons. The molecular weight excluding hydrogens is 292 g/mol. The van der Waals surface area contributed by atoms with Crippen LogP contribution in [0.4, 0.5) is 0 Å². The minimum absolute atomic E-state index is 0.175. The van der Waals surface area contributed by atoms with Crippen LogP contribution in [0.3, 0.4) is 0 Å². The van der Waals surface area contributed by atoms with Crippen LogP contribution in [0, 0.1) is 0 Å². The zero-order chi connectivity index (χ0) is 16.1. The van der Waals surface area contributed by atoms with Gasteiger partial charge in [0, 0.05) is 31.9 Å². The number of nitrogens with one attached hydrogen (secondary N) is 3. The number of hydrogen-bond acceptors (Lipinski definition) is 3. The molecule has 0 aliphatic carbocycles. The normalized spacial score (nSPS) is 16.3. The van der Waals surface area contributed by atoms with Gasteiger partial charge >= 0.3 is 5.69 Å². The molecule has 1 amide bonds. The minimum atomic E-state index is -0.356. The summed E-state index contributed by atoms with van der Waals surface area (Å²) in [6.45, 7) is 3.03. The lowest BCUT2D eigenvalue weighted by Gasteiger charge is -2.32. The second-order valence-electron chi connectivity index (χ2n) is 5.98. The monoisotopic (exact) mass is 314 g/mol. The van der Waals surface area contributed by atoms with Crippen molar-refractivity contribution in [3.05, 3.63) is 58.3 Å². The summed E-state index contributed by atoms with van der Waals surface area (Å²) in [6, 6.07) is 10.7. The molecule has 6 nitrogen and oxygen atoms in total. The number of hydrogen-bond donors (Lipinski definition) is 3. The second kappa shape index (κ2) is 7.28. The number of likely N-dealkylation sites (tertiary alicyclic amines) is 1. The first-order valence-electron chi connectivity index (χ1n) is 8.05. The van der Waals surface area contributed by atoms with E-state index in [4.69, 9.17) is 0 Å². The third-order valence-corrected chi connectivity index (χ3v) is 4.32. The van der Waals surface area contributed by atoms with Crippen molar-refractivity contribution >= 4 is 5.91 Å². The molecule has 1 aromatic carbocycles. The number of amides is 1. The van der Waals surface area contributed by atoms with Crippen LogP contribution in [-0.2, 0) is 6.42 Å². The number of imidazole rings is 1. The summed E-state index contributed by atoms with van der Waals surface area (Å²) in [6.07, 6.45) is 4.35. The number of nitrogens with zero attached hydrogens (tertiary/aromatic N) is 1. The smallest absolute Gasteiger partial charge is 0.323 e. The van der Waals surface area contributed by atoms with Crippen molar-refractivity contribution in [1.29, 1.82) is 0 Å². The van der Waals surface area contributed by atoms with E-state index in [1.807, 2.05) is 6.07 Å². The molecule has 1 saturated heterocycles. The first-order valence-corrected chi connectivity index (χ1v) is 8.05. The maximum absolute atomic E-state index is 12.0. The van der Waals surface area contributed by atoms with E-state index in [1.54, 1.807) is 0 Å². The van der Waals surface area contributed by atoms with Crippen LogP contribution >= 0.6 is 0 Å². The lowest BCUT2D eigenvalue weighted by molar-refractivity contribution is 0.0907. The summed E-state index contributed by atoms with van der Waals surface area (Å²) in [5.41, 5.74) is 1.30. The molecule has 0 saturated carbocycles. The predicted molar refractivity (Wildman–Crippen MR) is 88.5 cm³/mol. The molecule has 1 aliphatic rings. The van der Waals surface area contributed by atoms with Crippen LogP contribution < -0.4 is 11.0 Å². The van der Waals surface area contributed by atoms with E-state index in [0.29, 0.717) is 5.69 Å². The summed E-state index contributed by atoms with van der Waals surface area (Å²) >= 11 is 0. The molecule has 1 fully saturated rings. The molecule has 6 heteroatoms. The SMILES string of the molecule is O=C(NC1CCN(CCc2ccccc2)CC1)c1c[nH]c(=O)[nH]1. The fourth-order valence-corrected chi connectivity index (χ4v) is 2.95. The number of H-pyrrole nitrogens is 2. The third-order valence-electron chi connectivity index (χ3n) is 4.32. The van der Waals surface area contributed by atoms with E-state index < -0.39 is 0 Å². The highest BCUT2D eigenvalue weighted by molar-refractivity contribution is 5.92. The molecule has 0 unspecified atom stereocenters. The van der Waals surface area contributed by atoms with Gasteiger partial charge in [0.2, 0.25) is 0 Å². The van der Waals surface area contributed by atoms with Crippen LogP contribution in [0.25, 0.3) is 0 Å². The Morgan fingerprint density at radius 2 is 1.96 bits per heavy atom. The van der Waals surface area contributed by atoms with Gasteiger partial charge in [0.15, 0.2) is 0 Å². The fourth-order valence-electron chi connectivity index (χ4n) is 2.95. The Hall–Kier alpha value is -2.34. The summed E-state index contributed by atoms with van der Waals surface area (Å²) in [5.74, 6) is -0.217. The van der Waals surface area contributed by atoms with Crippen LogP contribution in [0.5, 0.6) is 0 Å². The fraction of sp³-hybridized carbons (Fsp3) is 0.412.